The van der Waals surface area contributed by atoms with Crippen LogP contribution in [0.2, 0.25) is 0 Å². The number of Topliss-reactive ketones (excluding diaryl/α,β-unsaturated/α-hetero) is 1. The molecule has 39 heavy (non-hydrogen) atoms. The summed E-state index contributed by atoms with van der Waals surface area (Å²) in [5, 5.41) is 14.6. The van der Waals surface area contributed by atoms with Gasteiger partial charge in [-0.1, -0.05) is 6.07 Å². The highest BCUT2D eigenvalue weighted by molar-refractivity contribution is 6.45. The lowest BCUT2D eigenvalue weighted by molar-refractivity contribution is -0.127. The minimum absolute atomic E-state index is 0.187. The number of hydrogen-bond donors (Lipinski definition) is 2. The Bertz CT molecular complexity index is 1710. The Hall–Kier alpha value is -4.97. The summed E-state index contributed by atoms with van der Waals surface area (Å²) in [6.45, 7) is 2.11. The number of ether oxygens (including phenoxy) is 1. The summed E-state index contributed by atoms with van der Waals surface area (Å²) >= 11 is 0. The quantitative estimate of drug-likeness (QED) is 0.252. The zero-order chi connectivity index (χ0) is 27.1. The molecular formula is C27H24N8O4. The zero-order valence-electron chi connectivity index (χ0n) is 21.2. The van der Waals surface area contributed by atoms with Crippen LogP contribution in [0, 0.1) is 0 Å². The van der Waals surface area contributed by atoms with Crippen molar-refractivity contribution in [3.8, 4) is 22.8 Å². The number of nitrogens with one attached hydrogen (secondary N) is 1. The van der Waals surface area contributed by atoms with Crippen molar-refractivity contribution in [2.45, 2.75) is 26.0 Å². The van der Waals surface area contributed by atoms with E-state index in [4.69, 9.17) is 4.74 Å². The molecule has 0 radical (unpaired) electrons. The van der Waals surface area contributed by atoms with Gasteiger partial charge in [-0.05, 0) is 37.6 Å². The number of aliphatic hydroxyl groups excluding tert-OH is 1. The first-order chi connectivity index (χ1) is 19.0. The smallest absolute Gasteiger partial charge is 0.295 e. The number of aromatic nitrogens is 7. The van der Waals surface area contributed by atoms with Gasteiger partial charge in [0.25, 0.3) is 11.7 Å². The molecule has 6 rings (SSSR count). The molecule has 12 heteroatoms. The summed E-state index contributed by atoms with van der Waals surface area (Å²) < 4.78 is 7.03. The largest absolute Gasteiger partial charge is 0.496 e. The lowest BCUT2D eigenvalue weighted by atomic mass is 9.99. The van der Waals surface area contributed by atoms with Gasteiger partial charge in [0, 0.05) is 24.5 Å². The normalized spacial score (nSPS) is 13.8. The predicted octanol–water partition coefficient (Wildman–Crippen LogP) is 2.43. The number of fused-ring (bicyclic) bond motifs is 2. The van der Waals surface area contributed by atoms with Crippen LogP contribution >= 0.6 is 0 Å². The summed E-state index contributed by atoms with van der Waals surface area (Å²) in [6, 6.07) is 9.07. The first kappa shape index (κ1) is 24.4. The molecule has 1 unspecified atom stereocenters. The molecular weight excluding hydrogens is 500 g/mol. The van der Waals surface area contributed by atoms with Gasteiger partial charge in [0.2, 0.25) is 0 Å². The highest BCUT2D eigenvalue weighted by atomic mass is 16.5. The van der Waals surface area contributed by atoms with Crippen LogP contribution in [0.3, 0.4) is 0 Å². The molecule has 5 aromatic rings. The molecule has 0 fully saturated rings. The number of rotatable bonds is 6. The van der Waals surface area contributed by atoms with Crippen molar-refractivity contribution in [2.24, 2.45) is 0 Å². The molecule has 1 amide bonds. The molecule has 1 aliphatic rings. The average molecular weight is 525 g/mol. The van der Waals surface area contributed by atoms with Gasteiger partial charge in [-0.25, -0.2) is 19.6 Å². The zero-order valence-corrected chi connectivity index (χ0v) is 21.2. The maximum atomic E-state index is 13.6. The van der Waals surface area contributed by atoms with Crippen molar-refractivity contribution in [1.29, 1.82) is 0 Å². The van der Waals surface area contributed by atoms with Crippen LogP contribution in [0.25, 0.3) is 28.0 Å². The van der Waals surface area contributed by atoms with Gasteiger partial charge in [-0.2, -0.15) is 0 Å². The van der Waals surface area contributed by atoms with Gasteiger partial charge < -0.3 is 19.7 Å². The number of hydrogen-bond acceptors (Lipinski definition) is 9. The number of benzene rings is 1. The fourth-order valence-electron chi connectivity index (χ4n) is 4.84. The number of H-pyrrole nitrogens is 1. The molecule has 196 valence electrons. The lowest BCUT2D eigenvalue weighted by Gasteiger charge is -2.28. The van der Waals surface area contributed by atoms with E-state index >= 15 is 0 Å². The number of nitrogens with zero attached hydrogens (tertiary/aromatic N) is 7. The van der Waals surface area contributed by atoms with Gasteiger partial charge in [0.05, 0.1) is 52.9 Å². The van der Waals surface area contributed by atoms with E-state index in [1.807, 2.05) is 18.2 Å². The van der Waals surface area contributed by atoms with Gasteiger partial charge in [-0.15, -0.1) is 5.10 Å². The standard InChI is InChI=1S/C27H24N8O4/c1-15(36)26-32-14-35(33-26)20-6-7-21(39-2)22-17(11-29-24(20)22)25(37)27(38)34-10-8-16-19(12-34)30-13-31-23(16)18-5-3-4-9-28-18/h3-7,9,11,13-15,29,36H,8,10,12H2,1-2H3. The number of carbonyl (C=O) groups excluding carboxylic acids is 2. The third-order valence-corrected chi connectivity index (χ3v) is 6.77. The minimum atomic E-state index is -0.835. The van der Waals surface area contributed by atoms with Crippen molar-refractivity contribution in [3.05, 3.63) is 78.0 Å². The molecule has 0 spiro atoms. The SMILES string of the molecule is COc1ccc(-n2cnc(C(C)O)n2)c2[nH]cc(C(=O)C(=O)N3CCc4c(ncnc4-c4ccccn4)C3)c12. The molecule has 4 aromatic heterocycles. The van der Waals surface area contributed by atoms with Crippen LogP contribution in [0.15, 0.2) is 55.4 Å². The third kappa shape index (κ3) is 4.20. The molecule has 1 atom stereocenters. The Balaban J connectivity index is 1.32. The Labute approximate surface area is 222 Å². The third-order valence-electron chi connectivity index (χ3n) is 6.77. The van der Waals surface area contributed by atoms with Crippen LogP contribution in [0.4, 0.5) is 0 Å². The number of pyridine rings is 1. The van der Waals surface area contributed by atoms with E-state index in [0.717, 1.165) is 17.0 Å². The number of amides is 1. The second kappa shape index (κ2) is 9.72. The van der Waals surface area contributed by atoms with Crippen LogP contribution in [-0.4, -0.2) is 70.1 Å². The number of methoxy groups -OCH3 is 1. The van der Waals surface area contributed by atoms with Gasteiger partial charge in [0.15, 0.2) is 5.82 Å². The number of carbonyl (C=O) groups is 2. The summed E-state index contributed by atoms with van der Waals surface area (Å²) in [5.74, 6) is -0.609. The monoisotopic (exact) mass is 524 g/mol. The first-order valence-electron chi connectivity index (χ1n) is 12.3. The molecule has 0 saturated carbocycles. The minimum Gasteiger partial charge on any atom is -0.496 e. The van der Waals surface area contributed by atoms with E-state index in [0.29, 0.717) is 41.0 Å². The highest BCUT2D eigenvalue weighted by Gasteiger charge is 2.31. The van der Waals surface area contributed by atoms with Gasteiger partial charge >= 0.3 is 0 Å². The van der Waals surface area contributed by atoms with E-state index in [1.54, 1.807) is 25.3 Å². The molecule has 2 N–H and O–H groups in total. The maximum Gasteiger partial charge on any atom is 0.295 e. The van der Waals surface area contributed by atoms with Crippen LogP contribution < -0.4 is 4.74 Å². The van der Waals surface area contributed by atoms with Crippen molar-refractivity contribution >= 4 is 22.6 Å². The van der Waals surface area contributed by atoms with E-state index in [9.17, 15) is 14.7 Å². The van der Waals surface area contributed by atoms with Crippen LogP contribution in [0.1, 0.15) is 40.5 Å². The number of aromatic amines is 1. The summed E-state index contributed by atoms with van der Waals surface area (Å²) in [4.78, 5) is 48.9. The second-order valence-electron chi connectivity index (χ2n) is 9.13. The second-order valence-corrected chi connectivity index (χ2v) is 9.13. The molecule has 0 bridgehead atoms. The van der Waals surface area contributed by atoms with Crippen molar-refractivity contribution in [1.82, 2.24) is 39.6 Å². The summed E-state index contributed by atoms with van der Waals surface area (Å²) in [6.07, 6.45) is 5.80. The number of ketones is 1. The average Bonchev–Trinajstić information content (AvgIpc) is 3.64. The molecule has 12 nitrogen and oxygen atoms in total. The van der Waals surface area contributed by atoms with Gasteiger partial charge in [-0.3, -0.25) is 14.6 Å². The number of aliphatic hydroxyl groups is 1. The molecule has 5 heterocycles. The fraction of sp³-hybridized carbons (Fsp3) is 0.222. The highest BCUT2D eigenvalue weighted by Crippen LogP contribution is 2.34. The molecule has 1 aliphatic heterocycles. The maximum absolute atomic E-state index is 13.6. The van der Waals surface area contributed by atoms with Crippen molar-refractivity contribution in [3.63, 3.8) is 0 Å². The first-order valence-corrected chi connectivity index (χ1v) is 12.3. The topological polar surface area (TPSA) is 152 Å². The van der Waals surface area contributed by atoms with Crippen LogP contribution in [-0.2, 0) is 17.8 Å². The summed E-state index contributed by atoms with van der Waals surface area (Å²) in [7, 11) is 1.50. The van der Waals surface area contributed by atoms with E-state index in [-0.39, 0.29) is 17.9 Å². The Morgan fingerprint density at radius 2 is 2.00 bits per heavy atom. The van der Waals surface area contributed by atoms with Crippen molar-refractivity contribution < 1.29 is 19.4 Å². The Morgan fingerprint density at radius 3 is 2.74 bits per heavy atom. The molecule has 1 aromatic carbocycles. The van der Waals surface area contributed by atoms with E-state index < -0.39 is 17.8 Å². The molecule has 0 saturated heterocycles. The molecule has 0 aliphatic carbocycles. The van der Waals surface area contributed by atoms with E-state index in [1.165, 1.54) is 35.5 Å². The predicted molar refractivity (Wildman–Crippen MR) is 139 cm³/mol. The Morgan fingerprint density at radius 1 is 1.13 bits per heavy atom. The fourth-order valence-corrected chi connectivity index (χ4v) is 4.84. The van der Waals surface area contributed by atoms with Crippen molar-refractivity contribution in [2.75, 3.05) is 13.7 Å². The van der Waals surface area contributed by atoms with E-state index in [2.05, 4.69) is 30.0 Å². The lowest BCUT2D eigenvalue weighted by Crippen LogP contribution is -2.40. The van der Waals surface area contributed by atoms with Gasteiger partial charge in [0.1, 0.15) is 24.5 Å². The summed E-state index contributed by atoms with van der Waals surface area (Å²) in [5.41, 5.74) is 4.41. The van der Waals surface area contributed by atoms with Crippen LogP contribution in [0.5, 0.6) is 5.75 Å². The Kier molecular flexibility index (Phi) is 6.08.